The fraction of sp³-hybridized carbons (Fsp3) is 0.529. The highest BCUT2D eigenvalue weighted by molar-refractivity contribution is 5.37. The van der Waals surface area contributed by atoms with Crippen LogP contribution in [0, 0.1) is 12.8 Å². The summed E-state index contributed by atoms with van der Waals surface area (Å²) in [6.45, 7) is 15.1. The fourth-order valence-corrected chi connectivity index (χ4v) is 1.76. The highest BCUT2D eigenvalue weighted by atomic mass is 16.5. The molecule has 0 saturated heterocycles. The first-order valence-electron chi connectivity index (χ1n) is 7.12. The average Bonchev–Trinajstić information content (AvgIpc) is 2.37. The smallest absolute Gasteiger partial charge is 0.124 e. The van der Waals surface area contributed by atoms with E-state index in [1.807, 2.05) is 0 Å². The van der Waals surface area contributed by atoms with Crippen molar-refractivity contribution >= 4 is 0 Å². The van der Waals surface area contributed by atoms with Gasteiger partial charge in [-0.1, -0.05) is 45.0 Å². The number of aryl methyl sites for hydroxylation is 1. The predicted molar refractivity (Wildman–Crippen MR) is 82.6 cm³/mol. The van der Waals surface area contributed by atoms with Crippen molar-refractivity contribution in [3.8, 4) is 5.75 Å². The van der Waals surface area contributed by atoms with Crippen molar-refractivity contribution in [2.24, 2.45) is 5.92 Å². The van der Waals surface area contributed by atoms with Crippen LogP contribution < -0.4 is 10.1 Å². The third kappa shape index (κ3) is 5.93. The zero-order valence-electron chi connectivity index (χ0n) is 12.8. The molecule has 0 bridgehead atoms. The lowest BCUT2D eigenvalue weighted by atomic mass is 10.1. The minimum absolute atomic E-state index is 0.608. The molecular formula is C17H27NO. The van der Waals surface area contributed by atoms with Crippen LogP contribution in [0.15, 0.2) is 30.4 Å². The van der Waals surface area contributed by atoms with Gasteiger partial charge in [-0.25, -0.2) is 0 Å². The van der Waals surface area contributed by atoms with E-state index in [9.17, 15) is 0 Å². The van der Waals surface area contributed by atoms with E-state index in [1.54, 1.807) is 0 Å². The van der Waals surface area contributed by atoms with Crippen LogP contribution in [0.4, 0.5) is 0 Å². The lowest BCUT2D eigenvalue weighted by Gasteiger charge is -2.14. The number of hydrogen-bond acceptors (Lipinski definition) is 2. The molecule has 0 aliphatic carbocycles. The van der Waals surface area contributed by atoms with Gasteiger partial charge >= 0.3 is 0 Å². The van der Waals surface area contributed by atoms with Gasteiger partial charge in [0.15, 0.2) is 0 Å². The van der Waals surface area contributed by atoms with Gasteiger partial charge in [0.2, 0.25) is 0 Å². The fourth-order valence-electron chi connectivity index (χ4n) is 1.76. The summed E-state index contributed by atoms with van der Waals surface area (Å²) >= 11 is 0. The van der Waals surface area contributed by atoms with Crippen LogP contribution in [0.5, 0.6) is 5.75 Å². The van der Waals surface area contributed by atoms with E-state index in [0.717, 1.165) is 30.8 Å². The first kappa shape index (κ1) is 15.8. The molecule has 2 nitrogen and oxygen atoms in total. The summed E-state index contributed by atoms with van der Waals surface area (Å²) in [6, 6.07) is 6.35. The molecule has 0 saturated carbocycles. The topological polar surface area (TPSA) is 21.3 Å². The quantitative estimate of drug-likeness (QED) is 0.712. The Bertz CT molecular complexity index is 410. The van der Waals surface area contributed by atoms with E-state index in [4.69, 9.17) is 4.74 Å². The Morgan fingerprint density at radius 3 is 2.74 bits per heavy atom. The van der Waals surface area contributed by atoms with Crippen LogP contribution in [0.25, 0.3) is 0 Å². The molecule has 1 rings (SSSR count). The Morgan fingerprint density at radius 2 is 2.11 bits per heavy atom. The van der Waals surface area contributed by atoms with Crippen LogP contribution in [-0.4, -0.2) is 13.2 Å². The highest BCUT2D eigenvalue weighted by Gasteiger charge is 2.05. The Kier molecular flexibility index (Phi) is 6.65. The Labute approximate surface area is 117 Å². The molecule has 0 radical (unpaired) electrons. The summed E-state index contributed by atoms with van der Waals surface area (Å²) < 4.78 is 5.86. The third-order valence-corrected chi connectivity index (χ3v) is 3.02. The molecule has 0 amide bonds. The van der Waals surface area contributed by atoms with Crippen molar-refractivity contribution in [1.29, 1.82) is 0 Å². The second kappa shape index (κ2) is 8.00. The minimum Gasteiger partial charge on any atom is -0.489 e. The molecule has 0 fully saturated rings. The van der Waals surface area contributed by atoms with Gasteiger partial charge in [0.1, 0.15) is 12.4 Å². The molecule has 0 aromatic heterocycles. The van der Waals surface area contributed by atoms with Crippen LogP contribution in [0.2, 0.25) is 0 Å². The van der Waals surface area contributed by atoms with E-state index in [1.165, 1.54) is 11.1 Å². The van der Waals surface area contributed by atoms with Crippen molar-refractivity contribution in [2.75, 3.05) is 13.2 Å². The molecule has 19 heavy (non-hydrogen) atoms. The van der Waals surface area contributed by atoms with E-state index >= 15 is 0 Å². The average molecular weight is 261 g/mol. The van der Waals surface area contributed by atoms with Crippen LogP contribution in [0.1, 0.15) is 38.3 Å². The Morgan fingerprint density at radius 1 is 1.37 bits per heavy atom. The molecule has 0 aliphatic heterocycles. The van der Waals surface area contributed by atoms with Crippen LogP contribution in [-0.2, 0) is 6.54 Å². The Hall–Kier alpha value is -1.28. The van der Waals surface area contributed by atoms with Gasteiger partial charge < -0.3 is 10.1 Å². The van der Waals surface area contributed by atoms with Gasteiger partial charge in [-0.15, -0.1) is 0 Å². The molecule has 0 atom stereocenters. The summed E-state index contributed by atoms with van der Waals surface area (Å²) in [5.74, 6) is 1.63. The monoisotopic (exact) mass is 261 g/mol. The van der Waals surface area contributed by atoms with Crippen LogP contribution >= 0.6 is 0 Å². The molecule has 0 aliphatic rings. The SMILES string of the molecule is C=C(CC)COc1ccc(C)cc1CNCC(C)C. The number of nitrogens with one attached hydrogen (secondary N) is 1. The van der Waals surface area contributed by atoms with Gasteiger partial charge in [0.05, 0.1) is 0 Å². The standard InChI is InChI=1S/C17H27NO/c1-6-14(4)12-19-17-8-7-15(5)9-16(17)11-18-10-13(2)3/h7-9,13,18H,4,6,10-12H2,1-3,5H3. The van der Waals surface area contributed by atoms with Crippen molar-refractivity contribution in [1.82, 2.24) is 5.32 Å². The van der Waals surface area contributed by atoms with Gasteiger partial charge in [0.25, 0.3) is 0 Å². The number of rotatable bonds is 8. The molecular weight excluding hydrogens is 234 g/mol. The lowest BCUT2D eigenvalue weighted by Crippen LogP contribution is -2.19. The van der Waals surface area contributed by atoms with Gasteiger partial charge in [0, 0.05) is 12.1 Å². The van der Waals surface area contributed by atoms with E-state index in [0.29, 0.717) is 12.5 Å². The van der Waals surface area contributed by atoms with E-state index in [2.05, 4.69) is 57.8 Å². The van der Waals surface area contributed by atoms with Gasteiger partial charge in [-0.3, -0.25) is 0 Å². The second-order valence-corrected chi connectivity index (χ2v) is 5.53. The third-order valence-electron chi connectivity index (χ3n) is 3.02. The molecule has 1 N–H and O–H groups in total. The molecule has 0 heterocycles. The predicted octanol–water partition coefficient (Wildman–Crippen LogP) is 4.09. The maximum Gasteiger partial charge on any atom is 0.124 e. The second-order valence-electron chi connectivity index (χ2n) is 5.53. The number of ether oxygens (including phenoxy) is 1. The summed E-state index contributed by atoms with van der Waals surface area (Å²) in [6.07, 6.45) is 0.965. The number of hydrogen-bond donors (Lipinski definition) is 1. The molecule has 1 aromatic carbocycles. The van der Waals surface area contributed by atoms with Gasteiger partial charge in [-0.05, 0) is 37.4 Å². The first-order valence-corrected chi connectivity index (χ1v) is 7.12. The molecule has 0 spiro atoms. The summed E-state index contributed by atoms with van der Waals surface area (Å²) in [4.78, 5) is 0. The van der Waals surface area contributed by atoms with E-state index in [-0.39, 0.29) is 0 Å². The lowest BCUT2D eigenvalue weighted by molar-refractivity contribution is 0.343. The molecule has 106 valence electrons. The first-order chi connectivity index (χ1) is 9.02. The van der Waals surface area contributed by atoms with E-state index < -0.39 is 0 Å². The maximum absolute atomic E-state index is 5.86. The number of benzene rings is 1. The highest BCUT2D eigenvalue weighted by Crippen LogP contribution is 2.20. The zero-order chi connectivity index (χ0) is 14.3. The minimum atomic E-state index is 0.608. The van der Waals surface area contributed by atoms with Crippen LogP contribution in [0.3, 0.4) is 0 Å². The summed E-state index contributed by atoms with van der Waals surface area (Å²) in [5, 5.41) is 3.47. The summed E-state index contributed by atoms with van der Waals surface area (Å²) in [7, 11) is 0. The summed E-state index contributed by atoms with van der Waals surface area (Å²) in [5.41, 5.74) is 3.62. The van der Waals surface area contributed by atoms with Crippen molar-refractivity contribution < 1.29 is 4.74 Å². The maximum atomic E-state index is 5.86. The van der Waals surface area contributed by atoms with Crippen molar-refractivity contribution in [3.63, 3.8) is 0 Å². The molecule has 1 aromatic rings. The van der Waals surface area contributed by atoms with Gasteiger partial charge in [-0.2, -0.15) is 0 Å². The molecule has 2 heteroatoms. The zero-order valence-corrected chi connectivity index (χ0v) is 12.8. The Balaban J connectivity index is 2.65. The van der Waals surface area contributed by atoms with Crippen molar-refractivity contribution in [3.05, 3.63) is 41.5 Å². The van der Waals surface area contributed by atoms with Crippen molar-refractivity contribution in [2.45, 2.75) is 40.7 Å². The molecule has 0 unspecified atom stereocenters. The largest absolute Gasteiger partial charge is 0.489 e. The normalized spacial score (nSPS) is 10.8.